The Labute approximate surface area is 124 Å². The lowest BCUT2D eigenvalue weighted by Crippen LogP contribution is -2.24. The van der Waals surface area contributed by atoms with Crippen LogP contribution in [0.2, 0.25) is 0 Å². The van der Waals surface area contributed by atoms with Crippen molar-refractivity contribution in [1.29, 1.82) is 0 Å². The Balaban J connectivity index is 2.71. The van der Waals surface area contributed by atoms with Crippen LogP contribution in [0.1, 0.15) is 23.2 Å². The molecule has 0 aliphatic heterocycles. The van der Waals surface area contributed by atoms with Gasteiger partial charge in [-0.1, -0.05) is 0 Å². The zero-order valence-electron chi connectivity index (χ0n) is 11.7. The molecule has 1 rings (SSSR count). The number of amides is 1. The van der Waals surface area contributed by atoms with E-state index in [0.717, 1.165) is 24.9 Å². The quantitative estimate of drug-likeness (QED) is 0.588. The highest BCUT2D eigenvalue weighted by Crippen LogP contribution is 2.16. The van der Waals surface area contributed by atoms with Gasteiger partial charge in [0.1, 0.15) is 0 Å². The van der Waals surface area contributed by atoms with Gasteiger partial charge in [-0.15, -0.1) is 0 Å². The lowest BCUT2D eigenvalue weighted by Gasteiger charge is -2.07. The minimum absolute atomic E-state index is 0.0602. The number of rotatable bonds is 7. The Morgan fingerprint density at radius 1 is 1.30 bits per heavy atom. The number of nitrogens with two attached hydrogens (primary N) is 1. The second kappa shape index (κ2) is 7.54. The molecule has 1 aromatic rings. The molecule has 7 heteroatoms. The number of thioether (sulfide) groups is 1. The van der Waals surface area contributed by atoms with Crippen molar-refractivity contribution in [2.45, 2.75) is 17.7 Å². The molecule has 5 nitrogen and oxygen atoms in total. The maximum absolute atomic E-state index is 11.9. The molecule has 0 aliphatic carbocycles. The maximum atomic E-state index is 11.9. The lowest BCUT2D eigenvalue weighted by atomic mass is 10.2. The zero-order chi connectivity index (χ0) is 15.2. The van der Waals surface area contributed by atoms with Crippen LogP contribution in [0.15, 0.2) is 23.1 Å². The molecule has 112 valence electrons. The molecule has 0 atom stereocenters. The number of hydrogen-bond acceptors (Lipinski definition) is 5. The summed E-state index contributed by atoms with van der Waals surface area (Å²) < 4.78 is 23.0. The highest BCUT2D eigenvalue weighted by atomic mass is 32.2. The van der Waals surface area contributed by atoms with Crippen LogP contribution < -0.4 is 11.1 Å². The average Bonchev–Trinajstić information content (AvgIpc) is 2.36. The van der Waals surface area contributed by atoms with E-state index in [4.69, 9.17) is 5.73 Å². The van der Waals surface area contributed by atoms with E-state index in [-0.39, 0.29) is 22.1 Å². The molecule has 0 radical (unpaired) electrons. The van der Waals surface area contributed by atoms with Gasteiger partial charge in [0.25, 0.3) is 5.91 Å². The van der Waals surface area contributed by atoms with Crippen molar-refractivity contribution in [1.82, 2.24) is 5.32 Å². The van der Waals surface area contributed by atoms with E-state index < -0.39 is 9.84 Å². The molecule has 0 spiro atoms. The topological polar surface area (TPSA) is 89.3 Å². The van der Waals surface area contributed by atoms with E-state index in [0.29, 0.717) is 6.54 Å². The number of carbonyl (C=O) groups excluding carboxylic acids is 1. The molecule has 0 unspecified atom stereocenters. The van der Waals surface area contributed by atoms with Crippen molar-refractivity contribution in [3.8, 4) is 0 Å². The summed E-state index contributed by atoms with van der Waals surface area (Å²) >= 11 is 1.77. The highest BCUT2D eigenvalue weighted by Gasteiger charge is 2.13. The van der Waals surface area contributed by atoms with Gasteiger partial charge in [0, 0.05) is 24.1 Å². The van der Waals surface area contributed by atoms with Gasteiger partial charge in [0.15, 0.2) is 9.84 Å². The fourth-order valence-corrected chi connectivity index (χ4v) is 2.83. The molecule has 1 amide bonds. The summed E-state index contributed by atoms with van der Waals surface area (Å²) in [6.07, 6.45) is 5.06. The number of hydrogen-bond donors (Lipinski definition) is 2. The Bertz CT molecular complexity index is 571. The molecule has 0 aliphatic rings. The number of nitrogen functional groups attached to an aromatic ring is 1. The van der Waals surface area contributed by atoms with Gasteiger partial charge in [0.05, 0.1) is 4.90 Å². The smallest absolute Gasteiger partial charge is 0.251 e. The third kappa shape index (κ3) is 5.42. The van der Waals surface area contributed by atoms with Crippen molar-refractivity contribution in [2.24, 2.45) is 0 Å². The molecule has 3 N–H and O–H groups in total. The largest absolute Gasteiger partial charge is 0.399 e. The summed E-state index contributed by atoms with van der Waals surface area (Å²) in [7, 11) is -3.38. The first-order valence-electron chi connectivity index (χ1n) is 6.22. The second-order valence-electron chi connectivity index (χ2n) is 4.52. The summed E-state index contributed by atoms with van der Waals surface area (Å²) in [4.78, 5) is 12.0. The standard InChI is InChI=1S/C13H20N2O3S2/c1-19-6-4-3-5-15-13(16)10-7-11(14)9-12(8-10)20(2,17)18/h7-9H,3-6,14H2,1-2H3,(H,15,16). The van der Waals surface area contributed by atoms with Crippen LogP contribution in [-0.2, 0) is 9.84 Å². The van der Waals surface area contributed by atoms with E-state index in [1.54, 1.807) is 11.8 Å². The molecule has 0 bridgehead atoms. The first-order chi connectivity index (χ1) is 9.34. The number of nitrogens with one attached hydrogen (secondary N) is 1. The summed E-state index contributed by atoms with van der Waals surface area (Å²) in [5.41, 5.74) is 6.18. The lowest BCUT2D eigenvalue weighted by molar-refractivity contribution is 0.0953. The van der Waals surface area contributed by atoms with Crippen molar-refractivity contribution >= 4 is 33.2 Å². The average molecular weight is 316 g/mol. The number of carbonyl (C=O) groups is 1. The van der Waals surface area contributed by atoms with Crippen molar-refractivity contribution in [2.75, 3.05) is 30.5 Å². The maximum Gasteiger partial charge on any atom is 0.251 e. The van der Waals surface area contributed by atoms with Crippen LogP contribution in [0.25, 0.3) is 0 Å². The Morgan fingerprint density at radius 3 is 2.60 bits per heavy atom. The molecular weight excluding hydrogens is 296 g/mol. The van der Waals surface area contributed by atoms with Crippen LogP contribution in [0.5, 0.6) is 0 Å². The van der Waals surface area contributed by atoms with Crippen molar-refractivity contribution in [3.63, 3.8) is 0 Å². The minimum atomic E-state index is -3.38. The first kappa shape index (κ1) is 16.8. The normalized spacial score (nSPS) is 11.3. The second-order valence-corrected chi connectivity index (χ2v) is 7.52. The van der Waals surface area contributed by atoms with Gasteiger partial charge in [-0.2, -0.15) is 11.8 Å². The number of benzene rings is 1. The molecule has 0 saturated carbocycles. The molecule has 1 aromatic carbocycles. The van der Waals surface area contributed by atoms with E-state index in [1.165, 1.54) is 18.2 Å². The number of sulfone groups is 1. The van der Waals surface area contributed by atoms with E-state index >= 15 is 0 Å². The van der Waals surface area contributed by atoms with Crippen molar-refractivity contribution < 1.29 is 13.2 Å². The fraction of sp³-hybridized carbons (Fsp3) is 0.462. The third-order valence-electron chi connectivity index (χ3n) is 2.68. The van der Waals surface area contributed by atoms with Gasteiger partial charge < -0.3 is 11.1 Å². The Morgan fingerprint density at radius 2 is 2.00 bits per heavy atom. The van der Waals surface area contributed by atoms with Crippen LogP contribution >= 0.6 is 11.8 Å². The van der Waals surface area contributed by atoms with E-state index in [9.17, 15) is 13.2 Å². The van der Waals surface area contributed by atoms with Crippen LogP contribution in [0.4, 0.5) is 5.69 Å². The van der Waals surface area contributed by atoms with Crippen LogP contribution in [0, 0.1) is 0 Å². The first-order valence-corrected chi connectivity index (χ1v) is 9.51. The summed E-state index contributed by atoms with van der Waals surface area (Å²) in [5.74, 6) is 0.762. The summed E-state index contributed by atoms with van der Waals surface area (Å²) in [6, 6.07) is 4.18. The highest BCUT2D eigenvalue weighted by molar-refractivity contribution is 7.98. The van der Waals surface area contributed by atoms with Gasteiger partial charge in [-0.25, -0.2) is 8.42 Å². The minimum Gasteiger partial charge on any atom is -0.399 e. The molecular formula is C13H20N2O3S2. The summed E-state index contributed by atoms with van der Waals surface area (Å²) in [5, 5.41) is 2.77. The Kier molecular flexibility index (Phi) is 6.35. The third-order valence-corrected chi connectivity index (χ3v) is 4.47. The zero-order valence-corrected chi connectivity index (χ0v) is 13.3. The van der Waals surface area contributed by atoms with Gasteiger partial charge in [0.2, 0.25) is 0 Å². The number of anilines is 1. The van der Waals surface area contributed by atoms with E-state index in [2.05, 4.69) is 5.32 Å². The molecule has 0 fully saturated rings. The van der Waals surface area contributed by atoms with Crippen LogP contribution in [0.3, 0.4) is 0 Å². The molecule has 0 heterocycles. The molecule has 0 saturated heterocycles. The van der Waals surface area contributed by atoms with Crippen molar-refractivity contribution in [3.05, 3.63) is 23.8 Å². The molecule has 20 heavy (non-hydrogen) atoms. The van der Waals surface area contributed by atoms with Gasteiger partial charge in [-0.3, -0.25) is 4.79 Å². The van der Waals surface area contributed by atoms with Gasteiger partial charge >= 0.3 is 0 Å². The molecule has 0 aromatic heterocycles. The Hall–Kier alpha value is -1.21. The van der Waals surface area contributed by atoms with E-state index in [1.807, 2.05) is 6.26 Å². The van der Waals surface area contributed by atoms with Gasteiger partial charge in [-0.05, 0) is 43.0 Å². The SMILES string of the molecule is CSCCCCNC(=O)c1cc(N)cc(S(C)(=O)=O)c1. The van der Waals surface area contributed by atoms with Crippen LogP contribution in [-0.4, -0.2) is 39.1 Å². The predicted octanol–water partition coefficient (Wildman–Crippen LogP) is 1.55. The predicted molar refractivity (Wildman–Crippen MR) is 83.9 cm³/mol. The fourth-order valence-electron chi connectivity index (χ4n) is 1.64. The monoisotopic (exact) mass is 316 g/mol. The summed E-state index contributed by atoms with van der Waals surface area (Å²) in [6.45, 7) is 0.572. The number of unbranched alkanes of at least 4 members (excludes halogenated alkanes) is 1.